The van der Waals surface area contributed by atoms with Crippen LogP contribution in [0.4, 0.5) is 0 Å². The zero-order valence-corrected chi connectivity index (χ0v) is 12.6. The third-order valence-corrected chi connectivity index (χ3v) is 4.83. The van der Waals surface area contributed by atoms with Gasteiger partial charge in [-0.25, -0.2) is 0 Å². The number of hydrogen-bond donors (Lipinski definition) is 2. The Morgan fingerprint density at radius 1 is 1.32 bits per heavy atom. The highest BCUT2D eigenvalue weighted by molar-refractivity contribution is 5.84. The lowest BCUT2D eigenvalue weighted by atomic mass is 9.75. The van der Waals surface area contributed by atoms with E-state index in [0.29, 0.717) is 6.04 Å². The number of hydrogen-bond acceptors (Lipinski definition) is 3. The number of piperidine rings is 1. The second-order valence-electron chi connectivity index (χ2n) is 6.65. The number of amides is 1. The van der Waals surface area contributed by atoms with Crippen molar-refractivity contribution in [3.05, 3.63) is 0 Å². The fourth-order valence-electron chi connectivity index (χ4n) is 3.34. The number of rotatable bonds is 3. The summed E-state index contributed by atoms with van der Waals surface area (Å²) in [6.45, 7) is 4.65. The molecule has 1 amide bonds. The normalized spacial score (nSPS) is 27.2. The molecule has 1 heterocycles. The molecular formula is C15H28N2O2. The van der Waals surface area contributed by atoms with Gasteiger partial charge >= 0.3 is 0 Å². The quantitative estimate of drug-likeness (QED) is 0.823. The average molecular weight is 268 g/mol. The summed E-state index contributed by atoms with van der Waals surface area (Å²) in [5, 5.41) is 6.89. The van der Waals surface area contributed by atoms with Gasteiger partial charge in [0.15, 0.2) is 0 Å². The Balaban J connectivity index is 1.92. The largest absolute Gasteiger partial charge is 0.369 e. The van der Waals surface area contributed by atoms with Crippen molar-refractivity contribution in [2.45, 2.75) is 76.0 Å². The summed E-state index contributed by atoms with van der Waals surface area (Å²) in [6, 6.07) is 0.293. The van der Waals surface area contributed by atoms with Crippen molar-refractivity contribution in [3.63, 3.8) is 0 Å². The second-order valence-corrected chi connectivity index (χ2v) is 6.65. The van der Waals surface area contributed by atoms with E-state index in [9.17, 15) is 4.79 Å². The van der Waals surface area contributed by atoms with Gasteiger partial charge in [-0.05, 0) is 46.1 Å². The van der Waals surface area contributed by atoms with E-state index >= 15 is 0 Å². The molecule has 0 aromatic heterocycles. The maximum atomic E-state index is 12.2. The lowest BCUT2D eigenvalue weighted by molar-refractivity contribution is -0.140. The first-order chi connectivity index (χ1) is 8.97. The van der Waals surface area contributed by atoms with Crippen molar-refractivity contribution in [3.8, 4) is 0 Å². The van der Waals surface area contributed by atoms with Crippen LogP contribution < -0.4 is 10.6 Å². The second kappa shape index (κ2) is 5.80. The summed E-state index contributed by atoms with van der Waals surface area (Å²) in [5.41, 5.74) is -0.448. The lowest BCUT2D eigenvalue weighted by Gasteiger charge is -2.45. The number of carbonyl (C=O) groups is 1. The molecule has 1 spiro atoms. The molecule has 2 fully saturated rings. The van der Waals surface area contributed by atoms with Crippen LogP contribution in [0.2, 0.25) is 0 Å². The van der Waals surface area contributed by atoms with E-state index in [2.05, 4.69) is 10.6 Å². The van der Waals surface area contributed by atoms with E-state index < -0.39 is 5.60 Å². The van der Waals surface area contributed by atoms with Gasteiger partial charge < -0.3 is 15.4 Å². The predicted molar refractivity (Wildman–Crippen MR) is 76.1 cm³/mol. The predicted octanol–water partition coefficient (Wildman–Crippen LogP) is 1.98. The van der Waals surface area contributed by atoms with Crippen LogP contribution in [-0.2, 0) is 9.53 Å². The van der Waals surface area contributed by atoms with Gasteiger partial charge in [-0.1, -0.05) is 19.3 Å². The summed E-state index contributed by atoms with van der Waals surface area (Å²) in [6.07, 6.45) is 8.59. The van der Waals surface area contributed by atoms with E-state index in [1.165, 1.54) is 32.1 Å². The SMILES string of the molecule is COC(C)(C)C(=O)NC1CCNC2(CCCCC2)C1. The van der Waals surface area contributed by atoms with Gasteiger partial charge in [0.25, 0.3) is 5.91 Å². The van der Waals surface area contributed by atoms with Crippen LogP contribution >= 0.6 is 0 Å². The Morgan fingerprint density at radius 3 is 2.63 bits per heavy atom. The summed E-state index contributed by atoms with van der Waals surface area (Å²) >= 11 is 0. The molecule has 19 heavy (non-hydrogen) atoms. The average Bonchev–Trinajstić information content (AvgIpc) is 2.39. The highest BCUT2D eigenvalue weighted by atomic mass is 16.5. The Bertz CT molecular complexity index is 317. The molecular weight excluding hydrogens is 240 g/mol. The van der Waals surface area contributed by atoms with Gasteiger partial charge in [0.05, 0.1) is 0 Å². The molecule has 110 valence electrons. The van der Waals surface area contributed by atoms with Crippen molar-refractivity contribution in [1.82, 2.24) is 10.6 Å². The molecule has 1 aliphatic heterocycles. The van der Waals surface area contributed by atoms with E-state index in [-0.39, 0.29) is 11.4 Å². The Morgan fingerprint density at radius 2 is 2.00 bits per heavy atom. The minimum absolute atomic E-state index is 0.00728. The fraction of sp³-hybridized carbons (Fsp3) is 0.933. The van der Waals surface area contributed by atoms with E-state index in [1.807, 2.05) is 13.8 Å². The molecule has 0 aromatic rings. The minimum Gasteiger partial charge on any atom is -0.369 e. The Hall–Kier alpha value is -0.610. The summed E-state index contributed by atoms with van der Waals surface area (Å²) < 4.78 is 5.25. The van der Waals surface area contributed by atoms with Crippen molar-refractivity contribution in [1.29, 1.82) is 0 Å². The highest BCUT2D eigenvalue weighted by Gasteiger charge is 2.38. The number of nitrogens with one attached hydrogen (secondary N) is 2. The van der Waals surface area contributed by atoms with Gasteiger partial charge in [0.2, 0.25) is 0 Å². The molecule has 0 aromatic carbocycles. The Labute approximate surface area is 116 Å². The first kappa shape index (κ1) is 14.8. The summed E-state index contributed by atoms with van der Waals surface area (Å²) in [5.74, 6) is 0.00728. The molecule has 1 aliphatic carbocycles. The highest BCUT2D eigenvalue weighted by Crippen LogP contribution is 2.34. The molecule has 2 aliphatic rings. The third-order valence-electron chi connectivity index (χ3n) is 4.83. The van der Waals surface area contributed by atoms with Crippen LogP contribution in [0, 0.1) is 0 Å². The maximum absolute atomic E-state index is 12.2. The van der Waals surface area contributed by atoms with Crippen LogP contribution in [0.3, 0.4) is 0 Å². The molecule has 4 nitrogen and oxygen atoms in total. The van der Waals surface area contributed by atoms with Gasteiger partial charge in [-0.3, -0.25) is 4.79 Å². The van der Waals surface area contributed by atoms with Crippen LogP contribution in [-0.4, -0.2) is 36.7 Å². The number of ether oxygens (including phenoxy) is 1. The topological polar surface area (TPSA) is 50.4 Å². The fourth-order valence-corrected chi connectivity index (χ4v) is 3.34. The van der Waals surface area contributed by atoms with Gasteiger partial charge in [-0.2, -0.15) is 0 Å². The first-order valence-electron chi connectivity index (χ1n) is 7.59. The van der Waals surface area contributed by atoms with E-state index in [1.54, 1.807) is 7.11 Å². The number of methoxy groups -OCH3 is 1. The molecule has 2 N–H and O–H groups in total. The van der Waals surface area contributed by atoms with Crippen LogP contribution in [0.25, 0.3) is 0 Å². The van der Waals surface area contributed by atoms with E-state index in [4.69, 9.17) is 4.74 Å². The van der Waals surface area contributed by atoms with Gasteiger partial charge in [0, 0.05) is 18.7 Å². The maximum Gasteiger partial charge on any atom is 0.251 e. The van der Waals surface area contributed by atoms with Gasteiger partial charge in [-0.15, -0.1) is 0 Å². The van der Waals surface area contributed by atoms with E-state index in [0.717, 1.165) is 19.4 Å². The van der Waals surface area contributed by atoms with Crippen molar-refractivity contribution >= 4 is 5.91 Å². The summed E-state index contributed by atoms with van der Waals surface area (Å²) in [4.78, 5) is 12.2. The zero-order valence-electron chi connectivity index (χ0n) is 12.6. The molecule has 0 bridgehead atoms. The third kappa shape index (κ3) is 3.48. The number of carbonyl (C=O) groups excluding carboxylic acids is 1. The van der Waals surface area contributed by atoms with Crippen LogP contribution in [0.5, 0.6) is 0 Å². The first-order valence-corrected chi connectivity index (χ1v) is 7.59. The molecule has 1 saturated carbocycles. The van der Waals surface area contributed by atoms with Crippen molar-refractivity contribution in [2.24, 2.45) is 0 Å². The molecule has 4 heteroatoms. The van der Waals surface area contributed by atoms with Crippen LogP contribution in [0.15, 0.2) is 0 Å². The smallest absolute Gasteiger partial charge is 0.251 e. The lowest BCUT2D eigenvalue weighted by Crippen LogP contribution is -2.58. The molecule has 2 rings (SSSR count). The Kier molecular flexibility index (Phi) is 4.51. The van der Waals surface area contributed by atoms with Crippen molar-refractivity contribution < 1.29 is 9.53 Å². The molecule has 1 atom stereocenters. The minimum atomic E-state index is -0.732. The molecule has 0 radical (unpaired) electrons. The standard InChI is InChI=1S/C15H28N2O2/c1-14(2,19-3)13(18)17-12-7-10-16-15(11-12)8-5-4-6-9-15/h12,16H,4-11H2,1-3H3,(H,17,18). The van der Waals surface area contributed by atoms with Gasteiger partial charge in [0.1, 0.15) is 5.60 Å². The zero-order chi connectivity index (χ0) is 13.9. The molecule has 1 unspecified atom stereocenters. The summed E-state index contributed by atoms with van der Waals surface area (Å²) in [7, 11) is 1.59. The van der Waals surface area contributed by atoms with Crippen molar-refractivity contribution in [2.75, 3.05) is 13.7 Å². The molecule has 1 saturated heterocycles. The monoisotopic (exact) mass is 268 g/mol. The van der Waals surface area contributed by atoms with Crippen LogP contribution in [0.1, 0.15) is 58.8 Å².